The fourth-order valence-corrected chi connectivity index (χ4v) is 4.37. The highest BCUT2D eigenvalue weighted by Crippen LogP contribution is 2.23. The largest absolute Gasteiger partial charge is 0.354 e. The quantitative estimate of drug-likeness (QED) is 0.899. The van der Waals surface area contributed by atoms with Crippen LogP contribution >= 0.6 is 0 Å². The molecule has 27 heavy (non-hydrogen) atoms. The van der Waals surface area contributed by atoms with Crippen molar-refractivity contribution in [1.82, 2.24) is 25.1 Å². The van der Waals surface area contributed by atoms with E-state index in [0.717, 1.165) is 56.1 Å². The number of nitrogens with zero attached hydrogens (tertiary/aromatic N) is 5. The van der Waals surface area contributed by atoms with Crippen molar-refractivity contribution in [3.8, 4) is 0 Å². The van der Waals surface area contributed by atoms with Gasteiger partial charge in [0, 0.05) is 19.1 Å². The number of amides is 1. The first-order valence-corrected chi connectivity index (χ1v) is 10.4. The number of aromatic nitrogens is 4. The number of hydrogen-bond acceptors (Lipinski definition) is 5. The number of anilines is 1. The first-order chi connectivity index (χ1) is 13.2. The summed E-state index contributed by atoms with van der Waals surface area (Å²) in [4.78, 5) is 15.1. The maximum absolute atomic E-state index is 12.9. The summed E-state index contributed by atoms with van der Waals surface area (Å²) in [7, 11) is 0. The van der Waals surface area contributed by atoms with E-state index in [1.54, 1.807) is 4.52 Å². The highest BCUT2D eigenvalue weighted by Gasteiger charge is 2.28. The van der Waals surface area contributed by atoms with Gasteiger partial charge in [0.25, 0.3) is 0 Å². The van der Waals surface area contributed by atoms with Gasteiger partial charge < -0.3 is 10.2 Å². The lowest BCUT2D eigenvalue weighted by Gasteiger charge is -2.33. The number of nitrogens with one attached hydrogen (secondary N) is 1. The molecule has 146 valence electrons. The second kappa shape index (κ2) is 8.23. The van der Waals surface area contributed by atoms with E-state index in [9.17, 15) is 4.79 Å². The van der Waals surface area contributed by atoms with E-state index < -0.39 is 0 Å². The van der Waals surface area contributed by atoms with Crippen molar-refractivity contribution in [2.45, 2.75) is 70.8 Å². The van der Waals surface area contributed by atoms with E-state index in [1.807, 2.05) is 19.1 Å². The normalized spacial score (nSPS) is 22.4. The first-order valence-electron chi connectivity index (χ1n) is 10.4. The fraction of sp³-hybridized carbons (Fsp3) is 0.700. The second-order valence-corrected chi connectivity index (χ2v) is 8.04. The van der Waals surface area contributed by atoms with Crippen molar-refractivity contribution in [2.75, 3.05) is 18.0 Å². The van der Waals surface area contributed by atoms with Crippen LogP contribution in [0.15, 0.2) is 12.1 Å². The standard InChI is InChI=1S/C20H30N6O/c1-15-22-23-18-11-12-19(24-26(15)18)25-13-7-8-16(14-25)20(27)21-17-9-5-3-2-4-6-10-17/h11-12,16-17H,2-10,13-14H2,1H3,(H,21,27). The molecule has 1 atom stereocenters. The fourth-order valence-electron chi connectivity index (χ4n) is 4.37. The van der Waals surface area contributed by atoms with E-state index >= 15 is 0 Å². The third-order valence-corrected chi connectivity index (χ3v) is 5.97. The number of piperidine rings is 1. The number of hydrogen-bond donors (Lipinski definition) is 1. The Balaban J connectivity index is 1.40. The molecule has 1 saturated heterocycles. The van der Waals surface area contributed by atoms with Gasteiger partial charge in [-0.2, -0.15) is 4.52 Å². The Hall–Kier alpha value is -2.18. The summed E-state index contributed by atoms with van der Waals surface area (Å²) in [6, 6.07) is 4.29. The van der Waals surface area contributed by atoms with Gasteiger partial charge in [-0.3, -0.25) is 4.79 Å². The Bertz CT molecular complexity index is 780. The van der Waals surface area contributed by atoms with Crippen LogP contribution in [0.1, 0.15) is 63.6 Å². The average molecular weight is 371 g/mol. The highest BCUT2D eigenvalue weighted by molar-refractivity contribution is 5.79. The lowest BCUT2D eigenvalue weighted by molar-refractivity contribution is -0.126. The van der Waals surface area contributed by atoms with Gasteiger partial charge in [-0.25, -0.2) is 0 Å². The first kappa shape index (κ1) is 18.2. The topological polar surface area (TPSA) is 75.4 Å². The zero-order valence-corrected chi connectivity index (χ0v) is 16.2. The molecule has 2 fully saturated rings. The van der Waals surface area contributed by atoms with Gasteiger partial charge in [-0.05, 0) is 44.7 Å². The molecule has 1 unspecified atom stereocenters. The van der Waals surface area contributed by atoms with Crippen LogP contribution in [-0.4, -0.2) is 44.8 Å². The minimum absolute atomic E-state index is 0.0451. The van der Waals surface area contributed by atoms with E-state index in [4.69, 9.17) is 0 Å². The van der Waals surface area contributed by atoms with Crippen molar-refractivity contribution in [2.24, 2.45) is 5.92 Å². The molecule has 2 aromatic rings. The van der Waals surface area contributed by atoms with Crippen molar-refractivity contribution in [1.29, 1.82) is 0 Å². The van der Waals surface area contributed by atoms with Crippen LogP contribution in [0.5, 0.6) is 0 Å². The van der Waals surface area contributed by atoms with Gasteiger partial charge in [-0.1, -0.05) is 32.1 Å². The number of aryl methyl sites for hydroxylation is 1. The van der Waals surface area contributed by atoms with Crippen LogP contribution in [0.25, 0.3) is 5.65 Å². The number of carbonyl (C=O) groups excluding carboxylic acids is 1. The number of rotatable bonds is 3. The molecule has 2 aromatic heterocycles. The van der Waals surface area contributed by atoms with Gasteiger partial charge in [0.15, 0.2) is 11.5 Å². The molecule has 0 aromatic carbocycles. The molecule has 1 amide bonds. The van der Waals surface area contributed by atoms with E-state index in [-0.39, 0.29) is 11.8 Å². The molecule has 0 spiro atoms. The van der Waals surface area contributed by atoms with Crippen molar-refractivity contribution < 1.29 is 4.79 Å². The molecular weight excluding hydrogens is 340 g/mol. The third kappa shape index (κ3) is 4.22. The van der Waals surface area contributed by atoms with Crippen molar-refractivity contribution in [3.05, 3.63) is 18.0 Å². The predicted molar refractivity (Wildman–Crippen MR) is 105 cm³/mol. The molecule has 1 aliphatic heterocycles. The molecule has 7 heteroatoms. The van der Waals surface area contributed by atoms with Crippen LogP contribution in [0, 0.1) is 12.8 Å². The summed E-state index contributed by atoms with van der Waals surface area (Å²) >= 11 is 0. The monoisotopic (exact) mass is 370 g/mol. The zero-order valence-electron chi connectivity index (χ0n) is 16.2. The average Bonchev–Trinajstić information content (AvgIpc) is 3.04. The Morgan fingerprint density at radius 1 is 1.04 bits per heavy atom. The lowest BCUT2D eigenvalue weighted by Crippen LogP contribution is -2.46. The second-order valence-electron chi connectivity index (χ2n) is 8.04. The van der Waals surface area contributed by atoms with Gasteiger partial charge in [0.2, 0.25) is 5.91 Å². The summed E-state index contributed by atoms with van der Waals surface area (Å²) in [5.41, 5.74) is 0.756. The third-order valence-electron chi connectivity index (χ3n) is 5.97. The smallest absolute Gasteiger partial charge is 0.225 e. The Kier molecular flexibility index (Phi) is 5.55. The highest BCUT2D eigenvalue weighted by atomic mass is 16.2. The maximum Gasteiger partial charge on any atom is 0.225 e. The molecular formula is C20H30N6O. The van der Waals surface area contributed by atoms with Crippen LogP contribution in [0.2, 0.25) is 0 Å². The Labute approximate surface area is 160 Å². The van der Waals surface area contributed by atoms with Crippen LogP contribution in [-0.2, 0) is 4.79 Å². The van der Waals surface area contributed by atoms with Gasteiger partial charge in [0.05, 0.1) is 5.92 Å². The van der Waals surface area contributed by atoms with Crippen LogP contribution in [0.3, 0.4) is 0 Å². The van der Waals surface area contributed by atoms with Crippen molar-refractivity contribution >= 4 is 17.4 Å². The van der Waals surface area contributed by atoms with E-state index in [2.05, 4.69) is 25.5 Å². The molecule has 4 rings (SSSR count). The predicted octanol–water partition coefficient (Wildman–Crippen LogP) is 2.88. The molecule has 0 bridgehead atoms. The van der Waals surface area contributed by atoms with Gasteiger partial charge >= 0.3 is 0 Å². The minimum Gasteiger partial charge on any atom is -0.354 e. The summed E-state index contributed by atoms with van der Waals surface area (Å²) in [6.07, 6.45) is 10.7. The van der Waals surface area contributed by atoms with Gasteiger partial charge in [0.1, 0.15) is 5.82 Å². The molecule has 1 aliphatic carbocycles. The Morgan fingerprint density at radius 2 is 1.81 bits per heavy atom. The summed E-state index contributed by atoms with van der Waals surface area (Å²) < 4.78 is 1.77. The minimum atomic E-state index is 0.0451. The van der Waals surface area contributed by atoms with Crippen LogP contribution in [0.4, 0.5) is 5.82 Å². The molecule has 0 radical (unpaired) electrons. The molecule has 2 aliphatic rings. The summed E-state index contributed by atoms with van der Waals surface area (Å²) in [5.74, 6) is 1.95. The molecule has 1 saturated carbocycles. The van der Waals surface area contributed by atoms with E-state index in [0.29, 0.717) is 6.04 Å². The summed E-state index contributed by atoms with van der Waals surface area (Å²) in [6.45, 7) is 3.57. The van der Waals surface area contributed by atoms with Gasteiger partial charge in [-0.15, -0.1) is 15.3 Å². The Morgan fingerprint density at radius 3 is 2.63 bits per heavy atom. The molecule has 7 nitrogen and oxygen atoms in total. The summed E-state index contributed by atoms with van der Waals surface area (Å²) in [5, 5.41) is 16.2. The van der Waals surface area contributed by atoms with Crippen LogP contribution < -0.4 is 10.2 Å². The lowest BCUT2D eigenvalue weighted by atomic mass is 9.94. The van der Waals surface area contributed by atoms with E-state index in [1.165, 1.54) is 32.1 Å². The van der Waals surface area contributed by atoms with Crippen molar-refractivity contribution in [3.63, 3.8) is 0 Å². The maximum atomic E-state index is 12.9. The number of fused-ring (bicyclic) bond motifs is 1. The molecule has 1 N–H and O–H groups in total. The number of carbonyl (C=O) groups is 1. The zero-order chi connectivity index (χ0) is 18.6. The molecule has 3 heterocycles. The SMILES string of the molecule is Cc1nnc2ccc(N3CCCC(C(=O)NC4CCCCCCC4)C3)nn12.